The smallest absolute Gasteiger partial charge is 0.355 e. The van der Waals surface area contributed by atoms with Gasteiger partial charge in [0.15, 0.2) is 11.8 Å². The van der Waals surface area contributed by atoms with Crippen molar-refractivity contribution in [2.45, 2.75) is 19.9 Å². The van der Waals surface area contributed by atoms with Crippen LogP contribution in [0.3, 0.4) is 0 Å². The number of fused-ring (bicyclic) bond motifs is 1. The van der Waals surface area contributed by atoms with E-state index in [9.17, 15) is 19.2 Å². The number of imide groups is 1. The van der Waals surface area contributed by atoms with Crippen molar-refractivity contribution in [1.82, 2.24) is 5.01 Å². The predicted molar refractivity (Wildman–Crippen MR) is 92.8 cm³/mol. The van der Waals surface area contributed by atoms with Crippen LogP contribution >= 0.6 is 23.2 Å². The van der Waals surface area contributed by atoms with Gasteiger partial charge in [-0.25, -0.2) is 14.7 Å². The topological polar surface area (TPSA) is 96.3 Å². The number of amides is 3. The number of anilines is 1. The van der Waals surface area contributed by atoms with E-state index in [1.165, 1.54) is 25.1 Å². The number of hydrogen-bond donors (Lipinski definition) is 0. The zero-order valence-corrected chi connectivity index (χ0v) is 15.2. The van der Waals surface area contributed by atoms with Crippen molar-refractivity contribution < 1.29 is 23.9 Å². The summed E-state index contributed by atoms with van der Waals surface area (Å²) in [7, 11) is 0. The van der Waals surface area contributed by atoms with Crippen LogP contribution in [0, 0.1) is 5.92 Å². The summed E-state index contributed by atoms with van der Waals surface area (Å²) >= 11 is 11.9. The highest BCUT2D eigenvalue weighted by molar-refractivity contribution is 6.47. The molecule has 2 heterocycles. The van der Waals surface area contributed by atoms with E-state index in [1.807, 2.05) is 0 Å². The molecule has 10 heteroatoms. The van der Waals surface area contributed by atoms with Crippen LogP contribution in [0.1, 0.15) is 13.8 Å². The van der Waals surface area contributed by atoms with Crippen molar-refractivity contribution in [3.8, 4) is 0 Å². The van der Waals surface area contributed by atoms with Gasteiger partial charge in [-0.2, -0.15) is 5.10 Å². The molecule has 2 atom stereocenters. The molecule has 0 bridgehead atoms. The summed E-state index contributed by atoms with van der Waals surface area (Å²) in [6.07, 6.45) is 0. The zero-order valence-electron chi connectivity index (χ0n) is 13.7. The van der Waals surface area contributed by atoms with Gasteiger partial charge in [0.1, 0.15) is 5.92 Å². The normalized spacial score (nSPS) is 21.8. The van der Waals surface area contributed by atoms with Crippen molar-refractivity contribution in [2.24, 2.45) is 11.0 Å². The molecule has 2 aliphatic heterocycles. The molecule has 1 saturated heterocycles. The first-order valence-corrected chi connectivity index (χ1v) is 8.41. The number of nitrogens with zero attached hydrogens (tertiary/aromatic N) is 3. The maximum atomic E-state index is 12.9. The molecule has 0 saturated carbocycles. The van der Waals surface area contributed by atoms with Gasteiger partial charge in [-0.15, -0.1) is 0 Å². The van der Waals surface area contributed by atoms with Gasteiger partial charge in [-0.1, -0.05) is 23.2 Å². The maximum Gasteiger partial charge on any atom is 0.355 e. The summed E-state index contributed by atoms with van der Waals surface area (Å²) in [6, 6.07) is 3.00. The van der Waals surface area contributed by atoms with Crippen LogP contribution in [0.25, 0.3) is 0 Å². The van der Waals surface area contributed by atoms with E-state index >= 15 is 0 Å². The number of hydrazone groups is 1. The Hall–Kier alpha value is -2.45. The average Bonchev–Trinajstić information content (AvgIpc) is 3.04. The Kier molecular flexibility index (Phi) is 4.72. The van der Waals surface area contributed by atoms with Crippen LogP contribution < -0.4 is 4.90 Å². The molecule has 3 amide bonds. The van der Waals surface area contributed by atoms with Gasteiger partial charge in [0.25, 0.3) is 5.91 Å². The molecule has 0 radical (unpaired) electrons. The van der Waals surface area contributed by atoms with Crippen LogP contribution in [-0.4, -0.2) is 47.1 Å². The Balaban J connectivity index is 2.06. The van der Waals surface area contributed by atoms with Crippen molar-refractivity contribution in [1.29, 1.82) is 0 Å². The SMILES string of the molecule is CCOC(=O)C1=NN(C(C)=O)[C@H]2C(=O)N(c3cc(Cl)cc(Cl)c3)C(=O)[C@@H]12. The van der Waals surface area contributed by atoms with Crippen LogP contribution in [-0.2, 0) is 23.9 Å². The standard InChI is InChI=1S/C16H13Cl2N3O5/c1-3-26-16(25)12-11-13(21(19-12)7(2)22)15(24)20(14(11)23)10-5-8(17)4-9(18)6-10/h4-6,11,13H,3H2,1-2H3/t11-,13+/m0/s1. The Morgan fingerprint density at radius 1 is 1.15 bits per heavy atom. The molecule has 1 fully saturated rings. The minimum atomic E-state index is -1.24. The van der Waals surface area contributed by atoms with Crippen molar-refractivity contribution in [3.63, 3.8) is 0 Å². The summed E-state index contributed by atoms with van der Waals surface area (Å²) in [5.41, 5.74) is -0.125. The highest BCUT2D eigenvalue weighted by Crippen LogP contribution is 2.37. The highest BCUT2D eigenvalue weighted by atomic mass is 35.5. The maximum absolute atomic E-state index is 12.9. The number of halogens is 2. The first-order chi connectivity index (χ1) is 12.3. The first kappa shape index (κ1) is 18.3. The van der Waals surface area contributed by atoms with E-state index in [2.05, 4.69) is 5.10 Å². The van der Waals surface area contributed by atoms with Gasteiger partial charge >= 0.3 is 5.97 Å². The molecule has 2 aliphatic rings. The quantitative estimate of drug-likeness (QED) is 0.570. The lowest BCUT2D eigenvalue weighted by Gasteiger charge is -2.19. The third kappa shape index (κ3) is 2.85. The molecular formula is C16H13Cl2N3O5. The Morgan fingerprint density at radius 3 is 2.31 bits per heavy atom. The van der Waals surface area contributed by atoms with E-state index in [0.717, 1.165) is 9.91 Å². The lowest BCUT2D eigenvalue weighted by atomic mass is 9.98. The summed E-state index contributed by atoms with van der Waals surface area (Å²) in [5, 5.41) is 5.16. The molecular weight excluding hydrogens is 385 g/mol. The molecule has 136 valence electrons. The number of carbonyl (C=O) groups excluding carboxylic acids is 4. The van der Waals surface area contributed by atoms with Crippen molar-refractivity contribution in [3.05, 3.63) is 28.2 Å². The van der Waals surface area contributed by atoms with Crippen LogP contribution in [0.15, 0.2) is 23.3 Å². The molecule has 0 N–H and O–H groups in total. The fourth-order valence-corrected chi connectivity index (χ4v) is 3.49. The third-order valence-corrected chi connectivity index (χ3v) is 4.40. The number of benzene rings is 1. The predicted octanol–water partition coefficient (Wildman–Crippen LogP) is 1.63. The highest BCUT2D eigenvalue weighted by Gasteiger charge is 2.59. The second-order valence-electron chi connectivity index (χ2n) is 5.63. The summed E-state index contributed by atoms with van der Waals surface area (Å²) in [4.78, 5) is 50.6. The van der Waals surface area contributed by atoms with Crippen LogP contribution in [0.4, 0.5) is 5.69 Å². The first-order valence-electron chi connectivity index (χ1n) is 7.65. The van der Waals surface area contributed by atoms with E-state index < -0.39 is 35.7 Å². The number of rotatable bonds is 3. The summed E-state index contributed by atoms with van der Waals surface area (Å²) in [5.74, 6) is -4.06. The lowest BCUT2D eigenvalue weighted by Crippen LogP contribution is -2.41. The van der Waals surface area contributed by atoms with E-state index in [1.54, 1.807) is 6.92 Å². The minimum Gasteiger partial charge on any atom is -0.461 e. The molecule has 1 aromatic carbocycles. The third-order valence-electron chi connectivity index (χ3n) is 3.96. The number of esters is 1. The lowest BCUT2D eigenvalue weighted by molar-refractivity contribution is -0.136. The Bertz CT molecular complexity index is 849. The van der Waals surface area contributed by atoms with E-state index in [-0.39, 0.29) is 28.1 Å². The fourth-order valence-electron chi connectivity index (χ4n) is 2.97. The van der Waals surface area contributed by atoms with Gasteiger partial charge < -0.3 is 4.74 Å². The van der Waals surface area contributed by atoms with Crippen molar-refractivity contribution >= 4 is 58.3 Å². The molecule has 0 aliphatic carbocycles. The van der Waals surface area contributed by atoms with Crippen LogP contribution in [0.2, 0.25) is 10.0 Å². The largest absolute Gasteiger partial charge is 0.461 e. The molecule has 8 nitrogen and oxygen atoms in total. The molecule has 3 rings (SSSR count). The minimum absolute atomic E-state index is 0.0606. The van der Waals surface area contributed by atoms with E-state index in [0.29, 0.717) is 0 Å². The molecule has 0 spiro atoms. The summed E-state index contributed by atoms with van der Waals surface area (Å²) in [6.45, 7) is 2.84. The monoisotopic (exact) mass is 397 g/mol. The van der Waals surface area contributed by atoms with Crippen LogP contribution in [0.5, 0.6) is 0 Å². The second kappa shape index (κ2) is 6.69. The zero-order chi connectivity index (χ0) is 19.2. The number of carbonyl (C=O) groups is 4. The van der Waals surface area contributed by atoms with Gasteiger partial charge in [0.05, 0.1) is 12.3 Å². The Labute approximate surface area is 158 Å². The molecule has 1 aromatic rings. The van der Waals surface area contributed by atoms with Crippen molar-refractivity contribution in [2.75, 3.05) is 11.5 Å². The molecule has 0 unspecified atom stereocenters. The Morgan fingerprint density at radius 2 is 1.77 bits per heavy atom. The second-order valence-corrected chi connectivity index (χ2v) is 6.50. The summed E-state index contributed by atoms with van der Waals surface area (Å²) < 4.78 is 4.89. The van der Waals surface area contributed by atoms with Gasteiger partial charge in [-0.3, -0.25) is 14.4 Å². The number of ether oxygens (including phenoxy) is 1. The number of hydrogen-bond acceptors (Lipinski definition) is 6. The van der Waals surface area contributed by atoms with Gasteiger partial charge in [0, 0.05) is 17.0 Å². The average molecular weight is 398 g/mol. The van der Waals surface area contributed by atoms with Gasteiger partial charge in [-0.05, 0) is 25.1 Å². The van der Waals surface area contributed by atoms with E-state index in [4.69, 9.17) is 27.9 Å². The molecule has 0 aromatic heterocycles. The van der Waals surface area contributed by atoms with Gasteiger partial charge in [0.2, 0.25) is 11.8 Å². The molecule has 26 heavy (non-hydrogen) atoms. The fraction of sp³-hybridized carbons (Fsp3) is 0.312.